The first-order chi connectivity index (χ1) is 7.88. The largest absolute Gasteiger partial charge is 0.327 e. The molecule has 3 rings (SSSR count). The number of imidazole rings is 1. The lowest BCUT2D eigenvalue weighted by molar-refractivity contribution is 0.594. The second kappa shape index (κ2) is 4.06. The minimum atomic E-state index is 0.472. The number of nitrogens with zero attached hydrogens (tertiary/aromatic N) is 3. The molecule has 1 aliphatic carbocycles. The van der Waals surface area contributed by atoms with Gasteiger partial charge in [-0.05, 0) is 18.4 Å². The highest BCUT2D eigenvalue weighted by atomic mass is 35.5. The van der Waals surface area contributed by atoms with Crippen LogP contribution in [0.3, 0.4) is 0 Å². The molecule has 0 atom stereocenters. The van der Waals surface area contributed by atoms with Crippen LogP contribution in [0.1, 0.15) is 25.1 Å². The Morgan fingerprint density at radius 1 is 1.44 bits per heavy atom. The number of halogens is 1. The van der Waals surface area contributed by atoms with Gasteiger partial charge in [-0.3, -0.25) is 4.98 Å². The van der Waals surface area contributed by atoms with E-state index in [2.05, 4.69) is 14.5 Å². The van der Waals surface area contributed by atoms with Crippen molar-refractivity contribution in [2.24, 2.45) is 5.92 Å². The molecule has 84 valence electrons. The van der Waals surface area contributed by atoms with E-state index in [0.29, 0.717) is 5.88 Å². The Labute approximate surface area is 99.5 Å². The van der Waals surface area contributed by atoms with Gasteiger partial charge in [0.2, 0.25) is 0 Å². The first-order valence-corrected chi connectivity index (χ1v) is 6.27. The molecule has 2 heterocycles. The maximum absolute atomic E-state index is 5.93. The summed E-state index contributed by atoms with van der Waals surface area (Å²) in [6.07, 6.45) is 7.65. The fraction of sp³-hybridized carbons (Fsp3) is 0.500. The molecule has 2 aromatic heterocycles. The quantitative estimate of drug-likeness (QED) is 0.763. The molecule has 0 radical (unpaired) electrons. The van der Waals surface area contributed by atoms with Gasteiger partial charge >= 0.3 is 0 Å². The van der Waals surface area contributed by atoms with Crippen LogP contribution in [0, 0.1) is 5.92 Å². The highest BCUT2D eigenvalue weighted by Gasteiger charge is 2.21. The zero-order valence-electron chi connectivity index (χ0n) is 9.06. The zero-order valence-corrected chi connectivity index (χ0v) is 9.82. The van der Waals surface area contributed by atoms with Gasteiger partial charge in [0, 0.05) is 12.7 Å². The van der Waals surface area contributed by atoms with Crippen LogP contribution < -0.4 is 0 Å². The minimum Gasteiger partial charge on any atom is -0.327 e. The van der Waals surface area contributed by atoms with Crippen LogP contribution in [-0.4, -0.2) is 14.5 Å². The molecule has 16 heavy (non-hydrogen) atoms. The van der Waals surface area contributed by atoms with Gasteiger partial charge in [0.1, 0.15) is 11.3 Å². The molecule has 0 saturated heterocycles. The highest BCUT2D eigenvalue weighted by molar-refractivity contribution is 6.16. The summed E-state index contributed by atoms with van der Waals surface area (Å²) in [5, 5.41) is 0. The van der Waals surface area contributed by atoms with Crippen LogP contribution in [0.4, 0.5) is 0 Å². The van der Waals surface area contributed by atoms with E-state index in [-0.39, 0.29) is 0 Å². The second-order valence-corrected chi connectivity index (χ2v) is 4.68. The Morgan fingerprint density at radius 3 is 3.06 bits per heavy atom. The Kier molecular flexibility index (Phi) is 2.56. The van der Waals surface area contributed by atoms with Gasteiger partial charge in [0.15, 0.2) is 0 Å². The summed E-state index contributed by atoms with van der Waals surface area (Å²) in [6.45, 7) is 1.03. The van der Waals surface area contributed by atoms with Gasteiger partial charge in [-0.25, -0.2) is 4.98 Å². The standard InChI is InChI=1S/C12H14ClN3/c13-7-12-15-10-8-14-5-3-11(10)16(12)6-4-9-1-2-9/h3,5,8-9H,1-2,4,6-7H2. The first-order valence-electron chi connectivity index (χ1n) is 5.73. The molecule has 0 amide bonds. The predicted molar refractivity (Wildman–Crippen MR) is 64.4 cm³/mol. The molecule has 1 aliphatic rings. The molecule has 0 aliphatic heterocycles. The van der Waals surface area contributed by atoms with E-state index in [4.69, 9.17) is 11.6 Å². The molecule has 0 aromatic carbocycles. The van der Waals surface area contributed by atoms with Crippen molar-refractivity contribution in [3.8, 4) is 0 Å². The van der Waals surface area contributed by atoms with Crippen molar-refractivity contribution in [2.75, 3.05) is 0 Å². The summed E-state index contributed by atoms with van der Waals surface area (Å²) >= 11 is 5.93. The topological polar surface area (TPSA) is 30.7 Å². The van der Waals surface area contributed by atoms with Crippen LogP contribution in [0.15, 0.2) is 18.5 Å². The van der Waals surface area contributed by atoms with Crippen LogP contribution in [0.2, 0.25) is 0 Å². The Balaban J connectivity index is 1.97. The van der Waals surface area contributed by atoms with E-state index in [9.17, 15) is 0 Å². The summed E-state index contributed by atoms with van der Waals surface area (Å²) < 4.78 is 2.24. The molecular weight excluding hydrogens is 222 g/mol. The molecule has 3 nitrogen and oxygen atoms in total. The van der Waals surface area contributed by atoms with Crippen molar-refractivity contribution in [3.63, 3.8) is 0 Å². The van der Waals surface area contributed by atoms with Crippen LogP contribution >= 0.6 is 11.6 Å². The average Bonchev–Trinajstić information content (AvgIpc) is 3.07. The van der Waals surface area contributed by atoms with Crippen molar-refractivity contribution in [1.82, 2.24) is 14.5 Å². The lowest BCUT2D eigenvalue weighted by Gasteiger charge is -2.06. The van der Waals surface area contributed by atoms with Crippen LogP contribution in [0.5, 0.6) is 0 Å². The van der Waals surface area contributed by atoms with E-state index in [1.165, 1.54) is 19.3 Å². The Morgan fingerprint density at radius 2 is 2.31 bits per heavy atom. The SMILES string of the molecule is ClCc1nc2cnccc2n1CCC1CC1. The fourth-order valence-electron chi connectivity index (χ4n) is 2.10. The zero-order chi connectivity index (χ0) is 11.0. The van der Waals surface area contributed by atoms with Crippen molar-refractivity contribution in [1.29, 1.82) is 0 Å². The number of alkyl halides is 1. The maximum Gasteiger partial charge on any atom is 0.124 e. The van der Waals surface area contributed by atoms with E-state index in [1.54, 1.807) is 6.20 Å². The summed E-state index contributed by atoms with van der Waals surface area (Å²) in [5.41, 5.74) is 2.11. The van der Waals surface area contributed by atoms with Gasteiger partial charge in [-0.2, -0.15) is 0 Å². The summed E-state index contributed by atoms with van der Waals surface area (Å²) in [4.78, 5) is 8.59. The number of hydrogen-bond acceptors (Lipinski definition) is 2. The molecule has 1 saturated carbocycles. The third kappa shape index (κ3) is 1.80. The maximum atomic E-state index is 5.93. The molecule has 4 heteroatoms. The van der Waals surface area contributed by atoms with E-state index in [0.717, 1.165) is 29.3 Å². The van der Waals surface area contributed by atoms with Crippen molar-refractivity contribution < 1.29 is 0 Å². The van der Waals surface area contributed by atoms with E-state index < -0.39 is 0 Å². The molecule has 0 spiro atoms. The van der Waals surface area contributed by atoms with Crippen molar-refractivity contribution in [3.05, 3.63) is 24.3 Å². The Hall–Kier alpha value is -1.09. The lowest BCUT2D eigenvalue weighted by atomic mass is 10.3. The molecular formula is C12H14ClN3. The van der Waals surface area contributed by atoms with E-state index >= 15 is 0 Å². The van der Waals surface area contributed by atoms with Gasteiger partial charge in [-0.15, -0.1) is 11.6 Å². The number of fused-ring (bicyclic) bond motifs is 1. The highest BCUT2D eigenvalue weighted by Crippen LogP contribution is 2.33. The second-order valence-electron chi connectivity index (χ2n) is 4.41. The normalized spacial score (nSPS) is 15.8. The molecule has 1 fully saturated rings. The molecule has 0 bridgehead atoms. The number of rotatable bonds is 4. The third-order valence-electron chi connectivity index (χ3n) is 3.21. The number of aromatic nitrogens is 3. The van der Waals surface area contributed by atoms with Crippen molar-refractivity contribution >= 4 is 22.6 Å². The van der Waals surface area contributed by atoms with Gasteiger partial charge in [-0.1, -0.05) is 12.8 Å². The predicted octanol–water partition coefficient (Wildman–Crippen LogP) is 2.97. The van der Waals surface area contributed by atoms with Gasteiger partial charge in [0.05, 0.1) is 17.6 Å². The van der Waals surface area contributed by atoms with E-state index in [1.807, 2.05) is 12.3 Å². The summed E-state index contributed by atoms with van der Waals surface area (Å²) in [7, 11) is 0. The number of pyridine rings is 1. The van der Waals surface area contributed by atoms with Gasteiger partial charge in [0.25, 0.3) is 0 Å². The van der Waals surface area contributed by atoms with Crippen LogP contribution in [0.25, 0.3) is 11.0 Å². The lowest BCUT2D eigenvalue weighted by Crippen LogP contribution is -2.03. The molecule has 0 N–H and O–H groups in total. The average molecular weight is 236 g/mol. The third-order valence-corrected chi connectivity index (χ3v) is 3.45. The van der Waals surface area contributed by atoms with Crippen LogP contribution in [-0.2, 0) is 12.4 Å². The minimum absolute atomic E-state index is 0.472. The molecule has 0 unspecified atom stereocenters. The summed E-state index contributed by atoms with van der Waals surface area (Å²) in [5.74, 6) is 2.37. The monoisotopic (exact) mass is 235 g/mol. The van der Waals surface area contributed by atoms with Crippen molar-refractivity contribution in [2.45, 2.75) is 31.7 Å². The summed E-state index contributed by atoms with van der Waals surface area (Å²) in [6, 6.07) is 2.02. The Bertz CT molecular complexity index is 502. The molecule has 2 aromatic rings. The first kappa shape index (κ1) is 10.1. The van der Waals surface area contributed by atoms with Gasteiger partial charge < -0.3 is 4.57 Å². The fourth-order valence-corrected chi connectivity index (χ4v) is 2.31. The smallest absolute Gasteiger partial charge is 0.124 e. The number of aryl methyl sites for hydroxylation is 1. The number of hydrogen-bond donors (Lipinski definition) is 0.